The van der Waals surface area contributed by atoms with Gasteiger partial charge in [0.05, 0.1) is 5.69 Å². The molecule has 0 bridgehead atoms. The number of para-hydroxylation sites is 1. The van der Waals surface area contributed by atoms with Crippen molar-refractivity contribution in [2.75, 3.05) is 23.3 Å². The second kappa shape index (κ2) is 7.98. The summed E-state index contributed by atoms with van der Waals surface area (Å²) in [4.78, 5) is 48.7. The van der Waals surface area contributed by atoms with Gasteiger partial charge in [-0.2, -0.15) is 9.78 Å². The Labute approximate surface area is 178 Å². The molecule has 0 radical (unpaired) electrons. The van der Waals surface area contributed by atoms with Crippen LogP contribution in [0.2, 0.25) is 0 Å². The van der Waals surface area contributed by atoms with Gasteiger partial charge in [-0.05, 0) is 39.0 Å². The molecule has 10 nitrogen and oxygen atoms in total. The molecule has 1 N–H and O–H groups in total. The number of aryl methyl sites for hydroxylation is 3. The molecule has 0 saturated carbocycles. The van der Waals surface area contributed by atoms with E-state index in [0.717, 1.165) is 16.3 Å². The molecule has 1 fully saturated rings. The first-order chi connectivity index (χ1) is 14.8. The molecule has 0 aliphatic carbocycles. The van der Waals surface area contributed by atoms with E-state index in [1.165, 1.54) is 9.58 Å². The predicted octanol–water partition coefficient (Wildman–Crippen LogP) is 1.99. The van der Waals surface area contributed by atoms with Crippen molar-refractivity contribution in [1.29, 1.82) is 0 Å². The molecular weight excluding hydrogens is 398 g/mol. The van der Waals surface area contributed by atoms with Crippen LogP contribution in [0, 0.1) is 20.8 Å². The topological polar surface area (TPSA) is 113 Å². The fourth-order valence-electron chi connectivity index (χ4n) is 3.38. The van der Waals surface area contributed by atoms with E-state index in [9.17, 15) is 14.4 Å². The maximum atomic E-state index is 12.7. The Morgan fingerprint density at radius 1 is 1.00 bits per heavy atom. The summed E-state index contributed by atoms with van der Waals surface area (Å²) in [5.74, 6) is -0.288. The number of amides is 4. The molecule has 31 heavy (non-hydrogen) atoms. The van der Waals surface area contributed by atoms with Gasteiger partial charge >= 0.3 is 6.03 Å². The molecule has 1 aromatic carbocycles. The van der Waals surface area contributed by atoms with Gasteiger partial charge in [0.1, 0.15) is 18.9 Å². The lowest BCUT2D eigenvalue weighted by molar-refractivity contribution is -0.128. The average molecular weight is 419 g/mol. The smallest absolute Gasteiger partial charge is 0.309 e. The molecule has 1 saturated heterocycles. The highest BCUT2D eigenvalue weighted by atomic mass is 16.2. The van der Waals surface area contributed by atoms with Gasteiger partial charge in [0.15, 0.2) is 0 Å². The van der Waals surface area contributed by atoms with Crippen LogP contribution in [0.5, 0.6) is 0 Å². The van der Waals surface area contributed by atoms with Crippen molar-refractivity contribution < 1.29 is 14.4 Å². The molecular formula is C21H21N7O3. The largest absolute Gasteiger partial charge is 0.332 e. The first-order valence-corrected chi connectivity index (χ1v) is 9.68. The van der Waals surface area contributed by atoms with E-state index in [0.29, 0.717) is 23.1 Å². The SMILES string of the molecule is Cc1cc(C)nc(-n2nc(C)cc2NC(=O)CN2C(=O)CN(c3ccccc3)C2=O)n1. The molecule has 4 amide bonds. The average Bonchev–Trinajstić information content (AvgIpc) is 3.22. The van der Waals surface area contributed by atoms with Crippen LogP contribution in [-0.2, 0) is 9.59 Å². The first kappa shape index (κ1) is 20.2. The first-order valence-electron chi connectivity index (χ1n) is 9.68. The molecule has 10 heteroatoms. The molecule has 1 aliphatic heterocycles. The van der Waals surface area contributed by atoms with Gasteiger partial charge in [0.2, 0.25) is 5.91 Å². The van der Waals surface area contributed by atoms with Crippen molar-refractivity contribution in [1.82, 2.24) is 24.6 Å². The third-order valence-corrected chi connectivity index (χ3v) is 4.68. The third-order valence-electron chi connectivity index (χ3n) is 4.68. The summed E-state index contributed by atoms with van der Waals surface area (Å²) in [6, 6.07) is 11.8. The van der Waals surface area contributed by atoms with Crippen molar-refractivity contribution in [3.63, 3.8) is 0 Å². The minimum Gasteiger partial charge on any atom is -0.309 e. The molecule has 3 aromatic rings. The Balaban J connectivity index is 1.51. The maximum absolute atomic E-state index is 12.7. The lowest BCUT2D eigenvalue weighted by Crippen LogP contribution is -2.39. The van der Waals surface area contributed by atoms with Gasteiger partial charge in [-0.3, -0.25) is 19.4 Å². The number of carbonyl (C=O) groups excluding carboxylic acids is 3. The summed E-state index contributed by atoms with van der Waals surface area (Å²) < 4.78 is 1.43. The summed E-state index contributed by atoms with van der Waals surface area (Å²) in [5.41, 5.74) is 2.79. The number of nitrogens with one attached hydrogen (secondary N) is 1. The van der Waals surface area contributed by atoms with Crippen LogP contribution in [0.1, 0.15) is 17.1 Å². The van der Waals surface area contributed by atoms with Crippen molar-refractivity contribution in [2.45, 2.75) is 20.8 Å². The monoisotopic (exact) mass is 419 g/mol. The molecule has 0 atom stereocenters. The molecule has 0 unspecified atom stereocenters. The second-order valence-electron chi connectivity index (χ2n) is 7.27. The highest BCUT2D eigenvalue weighted by molar-refractivity contribution is 6.14. The summed E-state index contributed by atoms with van der Waals surface area (Å²) in [7, 11) is 0. The van der Waals surface area contributed by atoms with E-state index >= 15 is 0 Å². The predicted molar refractivity (Wildman–Crippen MR) is 113 cm³/mol. The fraction of sp³-hybridized carbons (Fsp3) is 0.238. The normalized spacial score (nSPS) is 13.8. The zero-order chi connectivity index (χ0) is 22.1. The highest BCUT2D eigenvalue weighted by Crippen LogP contribution is 2.21. The van der Waals surface area contributed by atoms with E-state index in [2.05, 4.69) is 20.4 Å². The van der Waals surface area contributed by atoms with E-state index in [-0.39, 0.29) is 6.54 Å². The summed E-state index contributed by atoms with van der Waals surface area (Å²) in [5, 5.41) is 7.06. The number of rotatable bonds is 5. The van der Waals surface area contributed by atoms with Crippen LogP contribution >= 0.6 is 0 Å². The molecule has 0 spiro atoms. The number of aromatic nitrogens is 4. The zero-order valence-electron chi connectivity index (χ0n) is 17.4. The minimum absolute atomic E-state index is 0.108. The third kappa shape index (κ3) is 4.13. The van der Waals surface area contributed by atoms with Crippen LogP contribution < -0.4 is 10.2 Å². The van der Waals surface area contributed by atoms with Gasteiger partial charge in [0, 0.05) is 23.1 Å². The van der Waals surface area contributed by atoms with Crippen LogP contribution in [0.3, 0.4) is 0 Å². The van der Waals surface area contributed by atoms with Crippen LogP contribution in [0.4, 0.5) is 16.3 Å². The number of imide groups is 1. The summed E-state index contributed by atoms with van der Waals surface area (Å²) in [6.07, 6.45) is 0. The minimum atomic E-state index is -0.534. The zero-order valence-corrected chi connectivity index (χ0v) is 17.4. The summed E-state index contributed by atoms with van der Waals surface area (Å²) >= 11 is 0. The highest BCUT2D eigenvalue weighted by Gasteiger charge is 2.38. The standard InChI is InChI=1S/C21H21N7O3/c1-13-9-14(2)23-20(22-13)28-17(10-15(3)25-28)24-18(29)11-27-19(30)12-26(21(27)31)16-7-5-4-6-8-16/h4-10H,11-12H2,1-3H3,(H,24,29). The van der Waals surface area contributed by atoms with Crippen LogP contribution in [-0.4, -0.2) is 55.6 Å². The van der Waals surface area contributed by atoms with Crippen molar-refractivity contribution in [2.24, 2.45) is 0 Å². The Morgan fingerprint density at radius 3 is 2.35 bits per heavy atom. The maximum Gasteiger partial charge on any atom is 0.332 e. The van der Waals surface area contributed by atoms with E-state index in [1.54, 1.807) is 37.3 Å². The molecule has 1 aliphatic rings. The number of hydrogen-bond acceptors (Lipinski definition) is 6. The quantitative estimate of drug-likeness (QED) is 0.633. The number of benzene rings is 1. The van der Waals surface area contributed by atoms with Crippen molar-refractivity contribution >= 4 is 29.4 Å². The molecule has 2 aromatic heterocycles. The molecule has 3 heterocycles. The van der Waals surface area contributed by atoms with Gasteiger partial charge in [0.25, 0.3) is 11.9 Å². The van der Waals surface area contributed by atoms with Gasteiger partial charge in [-0.1, -0.05) is 18.2 Å². The van der Waals surface area contributed by atoms with Crippen LogP contribution in [0.25, 0.3) is 5.95 Å². The lowest BCUT2D eigenvalue weighted by atomic mass is 10.3. The van der Waals surface area contributed by atoms with E-state index in [4.69, 9.17) is 0 Å². The van der Waals surface area contributed by atoms with E-state index < -0.39 is 24.4 Å². The number of urea groups is 1. The van der Waals surface area contributed by atoms with Crippen molar-refractivity contribution in [3.05, 3.63) is 59.5 Å². The molecule has 158 valence electrons. The van der Waals surface area contributed by atoms with Crippen molar-refractivity contribution in [3.8, 4) is 5.95 Å². The van der Waals surface area contributed by atoms with Gasteiger partial charge < -0.3 is 5.32 Å². The Hall–Kier alpha value is -4.08. The Morgan fingerprint density at radius 2 is 1.68 bits per heavy atom. The Bertz CT molecular complexity index is 1150. The van der Waals surface area contributed by atoms with Crippen LogP contribution in [0.15, 0.2) is 42.5 Å². The summed E-state index contributed by atoms with van der Waals surface area (Å²) in [6.45, 7) is 4.95. The molecule has 4 rings (SSSR count). The van der Waals surface area contributed by atoms with E-state index in [1.807, 2.05) is 26.0 Å². The number of carbonyl (C=O) groups is 3. The number of anilines is 2. The second-order valence-corrected chi connectivity index (χ2v) is 7.27. The van der Waals surface area contributed by atoms with Gasteiger partial charge in [-0.15, -0.1) is 0 Å². The lowest BCUT2D eigenvalue weighted by Gasteiger charge is -2.17. The number of hydrogen-bond donors (Lipinski definition) is 1. The number of nitrogens with zero attached hydrogens (tertiary/aromatic N) is 6. The Kier molecular flexibility index (Phi) is 5.20. The fourth-order valence-corrected chi connectivity index (χ4v) is 3.38. The van der Waals surface area contributed by atoms with Gasteiger partial charge in [-0.25, -0.2) is 14.8 Å².